The van der Waals surface area contributed by atoms with Crippen LogP contribution in [-0.4, -0.2) is 35.2 Å². The summed E-state index contributed by atoms with van der Waals surface area (Å²) in [5.74, 6) is -0.154. The number of nitriles is 1. The van der Waals surface area contributed by atoms with E-state index in [0.29, 0.717) is 47.9 Å². The second kappa shape index (κ2) is 11.0. The Balaban J connectivity index is 1.50. The second-order valence-electron chi connectivity index (χ2n) is 12.0. The molecule has 2 aromatic carbocycles. The average molecular weight is 559 g/mol. The maximum absolute atomic E-state index is 13.6. The maximum Gasteiger partial charge on any atom is 0.414 e. The van der Waals surface area contributed by atoms with Crippen LogP contribution in [0.25, 0.3) is 22.7 Å². The molecular weight excluding hydrogens is 523 g/mol. The molecule has 2 aliphatic rings. The highest BCUT2D eigenvalue weighted by atomic mass is 19.1. The number of aromatic nitrogens is 1. The zero-order chi connectivity index (χ0) is 29.4. The number of rotatable bonds is 6. The van der Waals surface area contributed by atoms with Crippen molar-refractivity contribution < 1.29 is 23.1 Å². The summed E-state index contributed by atoms with van der Waals surface area (Å²) in [5.41, 5.74) is 1.26. The van der Waals surface area contributed by atoms with Crippen LogP contribution in [-0.2, 0) is 9.53 Å². The van der Waals surface area contributed by atoms with Crippen molar-refractivity contribution >= 4 is 17.7 Å². The van der Waals surface area contributed by atoms with Gasteiger partial charge in [0, 0.05) is 35.7 Å². The summed E-state index contributed by atoms with van der Waals surface area (Å²) >= 11 is 0. The molecule has 41 heavy (non-hydrogen) atoms. The Kier molecular flexibility index (Phi) is 7.60. The lowest BCUT2D eigenvalue weighted by molar-refractivity contribution is -0.127. The maximum atomic E-state index is 13.6. The summed E-state index contributed by atoms with van der Waals surface area (Å²) in [4.78, 5) is 32.3. The van der Waals surface area contributed by atoms with Crippen molar-refractivity contribution in [3.05, 3.63) is 60.1 Å². The summed E-state index contributed by atoms with van der Waals surface area (Å²) in [6, 6.07) is 15.5. The van der Waals surface area contributed by atoms with Gasteiger partial charge < -0.3 is 14.5 Å². The van der Waals surface area contributed by atoms with Crippen molar-refractivity contribution in [3.63, 3.8) is 0 Å². The number of hydrogen-bond donors (Lipinski definition) is 1. The van der Waals surface area contributed by atoms with Crippen molar-refractivity contribution in [2.75, 3.05) is 11.9 Å². The molecule has 214 valence electrons. The number of nitrogens with one attached hydrogen (secondary N) is 1. The molecule has 2 unspecified atom stereocenters. The summed E-state index contributed by atoms with van der Waals surface area (Å²) < 4.78 is 25.5. The molecule has 2 fully saturated rings. The Bertz CT molecular complexity index is 1460. The molecule has 2 saturated carbocycles. The average Bonchev–Trinajstić information content (AvgIpc) is 3.59. The van der Waals surface area contributed by atoms with E-state index < -0.39 is 17.2 Å². The van der Waals surface area contributed by atoms with Crippen LogP contribution < -0.4 is 10.2 Å². The molecule has 0 bridgehead atoms. The van der Waals surface area contributed by atoms with Gasteiger partial charge in [-0.2, -0.15) is 5.26 Å². The van der Waals surface area contributed by atoms with Gasteiger partial charge >= 0.3 is 6.09 Å². The number of amides is 2. The van der Waals surface area contributed by atoms with Crippen LogP contribution in [0.2, 0.25) is 0 Å². The van der Waals surface area contributed by atoms with E-state index in [2.05, 4.69) is 11.4 Å². The van der Waals surface area contributed by atoms with Crippen molar-refractivity contribution in [3.8, 4) is 28.8 Å². The van der Waals surface area contributed by atoms with Gasteiger partial charge in [-0.05, 0) is 82.9 Å². The number of oxazole rings is 1. The number of ether oxygens (including phenoxy) is 1. The molecule has 0 spiro atoms. The van der Waals surface area contributed by atoms with E-state index in [1.165, 1.54) is 17.0 Å². The first-order chi connectivity index (χ1) is 19.5. The predicted molar refractivity (Wildman–Crippen MR) is 152 cm³/mol. The summed E-state index contributed by atoms with van der Waals surface area (Å²) in [5, 5.41) is 12.5. The monoisotopic (exact) mass is 558 g/mol. The lowest BCUT2D eigenvalue weighted by Gasteiger charge is -2.30. The number of benzene rings is 2. The molecule has 9 heteroatoms. The molecular formula is C32H35FN4O4. The Morgan fingerprint density at radius 2 is 1.71 bits per heavy atom. The van der Waals surface area contributed by atoms with Crippen LogP contribution in [0.5, 0.6) is 0 Å². The summed E-state index contributed by atoms with van der Waals surface area (Å²) in [7, 11) is 1.65. The lowest BCUT2D eigenvalue weighted by Crippen LogP contribution is -2.42. The molecule has 2 amide bonds. The normalized spacial score (nSPS) is 19.6. The first-order valence-corrected chi connectivity index (χ1v) is 14.1. The predicted octanol–water partition coefficient (Wildman–Crippen LogP) is 6.97. The van der Waals surface area contributed by atoms with Gasteiger partial charge in [-0.3, -0.25) is 9.69 Å². The number of carbonyl (C=O) groups is 2. The van der Waals surface area contributed by atoms with Gasteiger partial charge in [-0.25, -0.2) is 14.2 Å². The molecule has 0 aliphatic heterocycles. The summed E-state index contributed by atoms with van der Waals surface area (Å²) in [6.45, 7) is 5.45. The second-order valence-corrected chi connectivity index (χ2v) is 12.0. The molecule has 8 nitrogen and oxygen atoms in total. The zero-order valence-electron chi connectivity index (χ0n) is 23.9. The Hall–Kier alpha value is -4.19. The van der Waals surface area contributed by atoms with E-state index >= 15 is 0 Å². The van der Waals surface area contributed by atoms with E-state index in [4.69, 9.17) is 14.1 Å². The van der Waals surface area contributed by atoms with Crippen molar-refractivity contribution in [2.24, 2.45) is 5.92 Å². The fraction of sp³-hybridized carbons (Fsp3) is 0.438. The highest BCUT2D eigenvalue weighted by Gasteiger charge is 2.47. The molecule has 1 N–H and O–H groups in total. The molecule has 2 aliphatic carbocycles. The van der Waals surface area contributed by atoms with E-state index in [-0.39, 0.29) is 23.6 Å². The lowest BCUT2D eigenvalue weighted by atomic mass is 9.76. The van der Waals surface area contributed by atoms with E-state index in [9.17, 15) is 19.2 Å². The van der Waals surface area contributed by atoms with Gasteiger partial charge in [-0.15, -0.1) is 0 Å². The molecule has 2 atom stereocenters. The van der Waals surface area contributed by atoms with Crippen LogP contribution in [0.3, 0.4) is 0 Å². The van der Waals surface area contributed by atoms with Crippen LogP contribution in [0, 0.1) is 23.1 Å². The van der Waals surface area contributed by atoms with E-state index in [1.54, 1.807) is 19.2 Å². The first kappa shape index (κ1) is 28.3. The molecule has 5 rings (SSSR count). The van der Waals surface area contributed by atoms with Crippen LogP contribution in [0.4, 0.5) is 14.9 Å². The number of halogens is 1. The Labute approximate surface area is 239 Å². The fourth-order valence-corrected chi connectivity index (χ4v) is 5.26. The molecule has 3 aromatic rings. The fourth-order valence-electron chi connectivity index (χ4n) is 5.26. The van der Waals surface area contributed by atoms with Gasteiger partial charge in [0.15, 0.2) is 0 Å². The quantitative estimate of drug-likeness (QED) is 0.350. The highest BCUT2D eigenvalue weighted by Crippen LogP contribution is 2.45. The van der Waals surface area contributed by atoms with Crippen LogP contribution in [0.15, 0.2) is 52.9 Å². The Morgan fingerprint density at radius 3 is 2.32 bits per heavy atom. The molecule has 1 heterocycles. The Morgan fingerprint density at radius 1 is 1.07 bits per heavy atom. The van der Waals surface area contributed by atoms with Gasteiger partial charge in [0.1, 0.15) is 28.4 Å². The minimum atomic E-state index is -0.751. The molecule has 0 saturated heterocycles. The third kappa shape index (κ3) is 6.27. The number of nitrogens with zero attached hydrogens (tertiary/aromatic N) is 3. The van der Waals surface area contributed by atoms with Gasteiger partial charge in [-0.1, -0.05) is 25.0 Å². The SMILES string of the molecule is CN(C(=O)OC(C)(C)C)c1ccc(-c2nc(-c3ccc(F)cc3)oc2C2CCCCC2C(=O)NC2(C#N)CC2)cc1. The minimum absolute atomic E-state index is 0.131. The van der Waals surface area contributed by atoms with E-state index in [0.717, 1.165) is 24.8 Å². The molecule has 1 aromatic heterocycles. The van der Waals surface area contributed by atoms with Gasteiger partial charge in [0.25, 0.3) is 0 Å². The van der Waals surface area contributed by atoms with Crippen molar-refractivity contribution in [2.45, 2.75) is 76.4 Å². The minimum Gasteiger partial charge on any atom is -0.443 e. The van der Waals surface area contributed by atoms with Crippen LogP contribution >= 0.6 is 0 Å². The first-order valence-electron chi connectivity index (χ1n) is 14.1. The third-order valence-corrected chi connectivity index (χ3v) is 7.71. The van der Waals surface area contributed by atoms with Crippen LogP contribution in [0.1, 0.15) is 71.0 Å². The zero-order valence-corrected chi connectivity index (χ0v) is 23.9. The number of anilines is 1. The van der Waals surface area contributed by atoms with Gasteiger partial charge in [0.05, 0.1) is 6.07 Å². The number of hydrogen-bond acceptors (Lipinski definition) is 6. The standard InChI is InChI=1S/C32H35FN4O4/c1-31(2,3)41-30(39)37(4)23-15-11-20(12-16-23)26-27(40-29(35-26)21-9-13-22(33)14-10-21)24-7-5-6-8-25(24)28(38)36-32(19-34)17-18-32/h9-16,24-25H,5-8,17-18H2,1-4H3,(H,36,38). The largest absolute Gasteiger partial charge is 0.443 e. The topological polar surface area (TPSA) is 108 Å². The van der Waals surface area contributed by atoms with E-state index in [1.807, 2.05) is 45.0 Å². The smallest absolute Gasteiger partial charge is 0.414 e. The van der Waals surface area contributed by atoms with Gasteiger partial charge in [0.2, 0.25) is 11.8 Å². The highest BCUT2D eigenvalue weighted by molar-refractivity contribution is 5.88. The summed E-state index contributed by atoms with van der Waals surface area (Å²) in [6.07, 6.45) is 4.13. The van der Waals surface area contributed by atoms with Crippen molar-refractivity contribution in [1.82, 2.24) is 10.3 Å². The number of carbonyl (C=O) groups excluding carboxylic acids is 2. The molecule has 0 radical (unpaired) electrons. The third-order valence-electron chi connectivity index (χ3n) is 7.71. The van der Waals surface area contributed by atoms with Crippen molar-refractivity contribution in [1.29, 1.82) is 5.26 Å².